The summed E-state index contributed by atoms with van der Waals surface area (Å²) in [6.07, 6.45) is -3.63. The highest BCUT2D eigenvalue weighted by molar-refractivity contribution is 6.35. The largest absolute Gasteiger partial charge is 0.400 e. The summed E-state index contributed by atoms with van der Waals surface area (Å²) in [5, 5.41) is 6.56. The van der Waals surface area contributed by atoms with Crippen molar-refractivity contribution in [1.82, 2.24) is 10.7 Å². The number of carbonyl (C=O) groups excluding carboxylic acids is 1. The molecule has 1 heterocycles. The second-order valence-corrected chi connectivity index (χ2v) is 8.14. The second-order valence-electron chi connectivity index (χ2n) is 6.86. The monoisotopic (exact) mass is 490 g/mol. The summed E-state index contributed by atoms with van der Waals surface area (Å²) in [6.45, 7) is -0.487. The number of rotatable bonds is 4. The molecule has 0 spiro atoms. The van der Waals surface area contributed by atoms with E-state index in [9.17, 15) is 18.0 Å². The van der Waals surface area contributed by atoms with E-state index in [0.29, 0.717) is 11.1 Å². The van der Waals surface area contributed by atoms with Gasteiger partial charge in [-0.25, -0.2) is 10.2 Å². The fourth-order valence-corrected chi connectivity index (χ4v) is 3.98. The fourth-order valence-electron chi connectivity index (χ4n) is 3.23. The molecule has 1 aliphatic rings. The number of nitrogens with one attached hydrogen (secondary N) is 2. The molecule has 1 atom stereocenters. The summed E-state index contributed by atoms with van der Waals surface area (Å²) >= 11 is 18.2. The zero-order valence-electron chi connectivity index (χ0n) is 16.0. The third kappa shape index (κ3) is 4.97. The zero-order valence-corrected chi connectivity index (χ0v) is 18.3. The van der Waals surface area contributed by atoms with Crippen LogP contribution in [0.1, 0.15) is 23.1 Å². The highest BCUT2D eigenvalue weighted by atomic mass is 35.5. The normalized spacial score (nSPS) is 18.9. The molecule has 2 amide bonds. The number of alkyl halides is 3. The smallest absolute Gasteiger partial charge is 0.340 e. The van der Waals surface area contributed by atoms with Crippen molar-refractivity contribution in [2.75, 3.05) is 13.6 Å². The zero-order chi connectivity index (χ0) is 22.8. The van der Waals surface area contributed by atoms with Gasteiger partial charge >= 0.3 is 12.2 Å². The topological polar surface area (TPSA) is 65.8 Å². The van der Waals surface area contributed by atoms with Crippen LogP contribution in [0.15, 0.2) is 46.5 Å². The maximum atomic E-state index is 14.2. The average molecular weight is 492 g/mol. The molecule has 0 fully saturated rings. The van der Waals surface area contributed by atoms with Crippen molar-refractivity contribution < 1.29 is 18.0 Å². The van der Waals surface area contributed by atoms with Crippen molar-refractivity contribution in [3.63, 3.8) is 0 Å². The lowest BCUT2D eigenvalue weighted by Crippen LogP contribution is -2.43. The number of hydrogen-bond acceptors (Lipinski definition) is 3. The molecule has 2 N–H and O–H groups in total. The number of carbonyl (C=O) groups is 1. The van der Waals surface area contributed by atoms with E-state index in [2.05, 4.69) is 20.8 Å². The first-order valence-corrected chi connectivity index (χ1v) is 10.1. The first-order chi connectivity index (χ1) is 14.6. The van der Waals surface area contributed by atoms with Crippen LogP contribution in [0, 0.1) is 0 Å². The van der Waals surface area contributed by atoms with Crippen molar-refractivity contribution >= 4 is 52.8 Å². The van der Waals surface area contributed by atoms with Crippen molar-refractivity contribution in [3.05, 3.63) is 68.2 Å². The molecule has 0 bridgehead atoms. The van der Waals surface area contributed by atoms with Gasteiger partial charge in [0.25, 0.3) is 0 Å². The minimum atomic E-state index is -4.58. The lowest BCUT2D eigenvalue weighted by atomic mass is 9.76. The molecular weight excluding hydrogens is 476 g/mol. The van der Waals surface area contributed by atoms with Gasteiger partial charge in [0, 0.05) is 34.8 Å². The first kappa shape index (κ1) is 23.4. The number of aliphatic imine (C=N–C) groups is 1. The highest BCUT2D eigenvalue weighted by Gasteiger charge is 2.58. The van der Waals surface area contributed by atoms with Crippen LogP contribution in [0.4, 0.5) is 18.0 Å². The molecule has 0 aliphatic carbocycles. The van der Waals surface area contributed by atoms with Gasteiger partial charge in [0.05, 0.1) is 17.8 Å². The van der Waals surface area contributed by atoms with Crippen molar-refractivity contribution in [2.45, 2.75) is 18.0 Å². The van der Waals surface area contributed by atoms with E-state index >= 15 is 0 Å². The van der Waals surface area contributed by atoms with E-state index < -0.39 is 24.2 Å². The van der Waals surface area contributed by atoms with Crippen LogP contribution in [0.2, 0.25) is 15.1 Å². The maximum absolute atomic E-state index is 14.2. The molecule has 1 unspecified atom stereocenters. The summed E-state index contributed by atoms with van der Waals surface area (Å²) in [6, 6.07) is 8.11. The number of amides is 2. The summed E-state index contributed by atoms with van der Waals surface area (Å²) in [5.74, 6) is 0. The predicted molar refractivity (Wildman–Crippen MR) is 117 cm³/mol. The Labute approximate surface area is 191 Å². The van der Waals surface area contributed by atoms with E-state index in [-0.39, 0.29) is 32.8 Å². The number of hydrazone groups is 1. The minimum Gasteiger partial charge on any atom is -0.340 e. The van der Waals surface area contributed by atoms with Gasteiger partial charge in [-0.1, -0.05) is 46.9 Å². The minimum absolute atomic E-state index is 0.0358. The lowest BCUT2D eigenvalue weighted by molar-refractivity contribution is -0.183. The number of hydrogen-bond donors (Lipinski definition) is 2. The van der Waals surface area contributed by atoms with Crippen LogP contribution in [0.3, 0.4) is 0 Å². The molecule has 164 valence electrons. The van der Waals surface area contributed by atoms with E-state index in [1.807, 2.05) is 0 Å². The van der Waals surface area contributed by atoms with E-state index in [1.54, 1.807) is 12.1 Å². The molecule has 3 rings (SSSR count). The Balaban J connectivity index is 1.88. The van der Waals surface area contributed by atoms with Crippen molar-refractivity contribution in [1.29, 1.82) is 0 Å². The van der Waals surface area contributed by atoms with Crippen LogP contribution in [0.25, 0.3) is 0 Å². The summed E-state index contributed by atoms with van der Waals surface area (Å²) in [7, 11) is 1.44. The summed E-state index contributed by atoms with van der Waals surface area (Å²) < 4.78 is 42.6. The Hall–Kier alpha value is -2.29. The van der Waals surface area contributed by atoms with Gasteiger partial charge in [-0.2, -0.15) is 18.3 Å². The Kier molecular flexibility index (Phi) is 6.83. The average Bonchev–Trinajstić information content (AvgIpc) is 3.15. The fraction of sp³-hybridized carbons (Fsp3) is 0.250. The molecule has 2 aromatic rings. The van der Waals surface area contributed by atoms with Crippen LogP contribution in [-0.2, 0) is 5.41 Å². The molecule has 2 aromatic carbocycles. The van der Waals surface area contributed by atoms with Crippen LogP contribution < -0.4 is 10.7 Å². The number of nitrogens with zero attached hydrogens (tertiary/aromatic N) is 2. The van der Waals surface area contributed by atoms with E-state index in [4.69, 9.17) is 34.8 Å². The molecule has 5 nitrogen and oxygen atoms in total. The third-order valence-corrected chi connectivity index (χ3v) is 5.66. The quantitative estimate of drug-likeness (QED) is 0.424. The SMILES string of the molecule is CNC(=O)N/N=C/c1ccc(C2=NCC(c3cc(Cl)cc(Cl)c3)(C(F)(F)F)C2)cc1Cl. The van der Waals surface area contributed by atoms with Crippen LogP contribution in [0.5, 0.6) is 0 Å². The van der Waals surface area contributed by atoms with E-state index in [1.165, 1.54) is 37.5 Å². The van der Waals surface area contributed by atoms with Gasteiger partial charge in [0.1, 0.15) is 5.41 Å². The Morgan fingerprint density at radius 1 is 1.16 bits per heavy atom. The molecule has 11 heteroatoms. The summed E-state index contributed by atoms with van der Waals surface area (Å²) in [4.78, 5) is 15.3. The molecule has 0 radical (unpaired) electrons. The molecule has 0 saturated carbocycles. The molecule has 0 saturated heterocycles. The third-order valence-electron chi connectivity index (χ3n) is 4.90. The van der Waals surface area contributed by atoms with Gasteiger partial charge in [-0.05, 0) is 35.4 Å². The number of benzene rings is 2. The Bertz CT molecular complexity index is 1050. The summed E-state index contributed by atoms with van der Waals surface area (Å²) in [5.41, 5.74) is 1.15. The maximum Gasteiger partial charge on any atom is 0.400 e. The van der Waals surface area contributed by atoms with Crippen molar-refractivity contribution in [2.24, 2.45) is 10.1 Å². The predicted octanol–water partition coefficient (Wildman–Crippen LogP) is 5.60. The van der Waals surface area contributed by atoms with Gasteiger partial charge in [0.2, 0.25) is 0 Å². The highest BCUT2D eigenvalue weighted by Crippen LogP contribution is 2.48. The standard InChI is InChI=1S/C20H16Cl3F3N4O/c1-27-18(31)30-29-9-12-3-2-11(4-16(12)23)17-8-19(10-28-17,20(24,25)26)13-5-14(21)7-15(22)6-13/h2-7,9H,8,10H2,1H3,(H2,27,30,31)/b29-9+. The van der Waals surface area contributed by atoms with Gasteiger partial charge in [0.15, 0.2) is 0 Å². The lowest BCUT2D eigenvalue weighted by Gasteiger charge is -2.31. The molecule has 0 aromatic heterocycles. The molecular formula is C20H16Cl3F3N4O. The Morgan fingerprint density at radius 3 is 2.42 bits per heavy atom. The van der Waals surface area contributed by atoms with Gasteiger partial charge in [-0.3, -0.25) is 4.99 Å². The van der Waals surface area contributed by atoms with Gasteiger partial charge < -0.3 is 5.32 Å². The van der Waals surface area contributed by atoms with Crippen molar-refractivity contribution in [3.8, 4) is 0 Å². The Morgan fingerprint density at radius 2 is 1.84 bits per heavy atom. The molecule has 31 heavy (non-hydrogen) atoms. The van der Waals surface area contributed by atoms with Gasteiger partial charge in [-0.15, -0.1) is 0 Å². The van der Waals surface area contributed by atoms with Crippen LogP contribution in [-0.4, -0.2) is 37.7 Å². The first-order valence-electron chi connectivity index (χ1n) is 8.93. The second kappa shape index (κ2) is 9.06. The number of halogens is 6. The number of urea groups is 1. The van der Waals surface area contributed by atoms with Crippen LogP contribution >= 0.6 is 34.8 Å². The van der Waals surface area contributed by atoms with E-state index in [0.717, 1.165) is 0 Å². The molecule has 1 aliphatic heterocycles.